The van der Waals surface area contributed by atoms with Gasteiger partial charge in [0.05, 0.1) is 11.1 Å². The minimum Gasteiger partial charge on any atom is -0.305 e. The molecule has 1 aliphatic rings. The van der Waals surface area contributed by atoms with Crippen LogP contribution in [0.1, 0.15) is 42.2 Å². The lowest BCUT2D eigenvalue weighted by Crippen LogP contribution is -2.47. The van der Waals surface area contributed by atoms with E-state index in [0.717, 1.165) is 16.9 Å². The zero-order valence-electron chi connectivity index (χ0n) is 17.3. The van der Waals surface area contributed by atoms with Gasteiger partial charge in [0.1, 0.15) is 5.82 Å². The fourth-order valence-electron chi connectivity index (χ4n) is 4.27. The molecule has 0 fully saturated rings. The third kappa shape index (κ3) is 3.93. The van der Waals surface area contributed by atoms with E-state index in [1.54, 1.807) is 16.7 Å². The summed E-state index contributed by atoms with van der Waals surface area (Å²) in [6.45, 7) is 3.51. The van der Waals surface area contributed by atoms with Gasteiger partial charge in [-0.15, -0.1) is 0 Å². The Bertz CT molecular complexity index is 1140. The summed E-state index contributed by atoms with van der Waals surface area (Å²) < 4.78 is 13.6. The van der Waals surface area contributed by atoms with Crippen LogP contribution < -0.4 is 9.80 Å². The molecule has 0 N–H and O–H groups in total. The lowest BCUT2D eigenvalue weighted by molar-refractivity contribution is -0.117. The minimum absolute atomic E-state index is 0.0664. The van der Waals surface area contributed by atoms with Crippen molar-refractivity contribution in [2.45, 2.75) is 32.4 Å². The summed E-state index contributed by atoms with van der Waals surface area (Å²) in [5.74, 6) is -0.886. The predicted molar refractivity (Wildman–Crippen MR) is 121 cm³/mol. The number of carbonyl (C=O) groups is 2. The Morgan fingerprint density at radius 3 is 2.39 bits per heavy atom. The highest BCUT2D eigenvalue weighted by Crippen LogP contribution is 2.42. The van der Waals surface area contributed by atoms with Crippen LogP contribution in [0.15, 0.2) is 72.8 Å². The standard InChI is InChI=1S/C25H22ClFN2O2/c1-16-14-24(29(17(2)30)19-8-4-3-5-9-19)20-10-6-7-11-23(20)28(16)25(31)18-12-13-22(27)21(26)15-18/h3-13,15-16,24H,14H2,1-2H3/t16-,24+/m0/s1. The summed E-state index contributed by atoms with van der Waals surface area (Å²) in [4.78, 5) is 29.5. The van der Waals surface area contributed by atoms with Crippen molar-refractivity contribution in [1.82, 2.24) is 0 Å². The molecule has 0 aromatic heterocycles. The van der Waals surface area contributed by atoms with Crippen molar-refractivity contribution < 1.29 is 14.0 Å². The topological polar surface area (TPSA) is 40.6 Å². The maximum Gasteiger partial charge on any atom is 0.258 e. The molecule has 3 aromatic carbocycles. The van der Waals surface area contributed by atoms with E-state index in [4.69, 9.17) is 11.6 Å². The molecule has 0 saturated heterocycles. The predicted octanol–water partition coefficient (Wildman–Crippen LogP) is 6.01. The van der Waals surface area contributed by atoms with Crippen LogP contribution in [0.3, 0.4) is 0 Å². The molecule has 4 rings (SSSR count). The second kappa shape index (κ2) is 8.52. The number of amides is 2. The molecule has 1 heterocycles. The van der Waals surface area contributed by atoms with Crippen molar-refractivity contribution in [2.75, 3.05) is 9.80 Å². The molecule has 2 atom stereocenters. The summed E-state index contributed by atoms with van der Waals surface area (Å²) in [6.07, 6.45) is 0.562. The molecule has 3 aromatic rings. The van der Waals surface area contributed by atoms with Crippen LogP contribution >= 0.6 is 11.6 Å². The summed E-state index contributed by atoms with van der Waals surface area (Å²) in [6, 6.07) is 20.7. The first-order valence-corrected chi connectivity index (χ1v) is 10.5. The van der Waals surface area contributed by atoms with Crippen molar-refractivity contribution in [2.24, 2.45) is 0 Å². The number of anilines is 2. The largest absolute Gasteiger partial charge is 0.305 e. The fraction of sp³-hybridized carbons (Fsp3) is 0.200. The van der Waals surface area contributed by atoms with Crippen molar-refractivity contribution in [3.05, 3.63) is 94.8 Å². The van der Waals surface area contributed by atoms with Crippen molar-refractivity contribution in [3.63, 3.8) is 0 Å². The van der Waals surface area contributed by atoms with E-state index in [2.05, 4.69) is 0 Å². The van der Waals surface area contributed by atoms with Gasteiger partial charge >= 0.3 is 0 Å². The van der Waals surface area contributed by atoms with Gasteiger partial charge in [0, 0.05) is 29.9 Å². The number of hydrogen-bond donors (Lipinski definition) is 0. The molecule has 0 bridgehead atoms. The summed E-state index contributed by atoms with van der Waals surface area (Å²) in [7, 11) is 0. The summed E-state index contributed by atoms with van der Waals surface area (Å²) in [5, 5.41) is -0.0893. The number of nitrogens with zero attached hydrogens (tertiary/aromatic N) is 2. The Morgan fingerprint density at radius 2 is 1.71 bits per heavy atom. The van der Waals surface area contributed by atoms with E-state index in [1.807, 2.05) is 61.5 Å². The molecule has 0 radical (unpaired) electrons. The smallest absolute Gasteiger partial charge is 0.258 e. The summed E-state index contributed by atoms with van der Waals surface area (Å²) >= 11 is 5.91. The number of halogens is 2. The van der Waals surface area contributed by atoms with E-state index < -0.39 is 5.82 Å². The highest BCUT2D eigenvalue weighted by atomic mass is 35.5. The van der Waals surface area contributed by atoms with Crippen molar-refractivity contribution in [1.29, 1.82) is 0 Å². The SMILES string of the molecule is CC(=O)N(c1ccccc1)[C@@H]1C[C@H](C)N(C(=O)c2ccc(F)c(Cl)c2)c2ccccc21. The van der Waals surface area contributed by atoms with Crippen LogP contribution in [0.2, 0.25) is 5.02 Å². The highest BCUT2D eigenvalue weighted by molar-refractivity contribution is 6.31. The molecule has 0 unspecified atom stereocenters. The Morgan fingerprint density at radius 1 is 1.03 bits per heavy atom. The fourth-order valence-corrected chi connectivity index (χ4v) is 4.45. The number of hydrogen-bond acceptors (Lipinski definition) is 2. The molecule has 0 saturated carbocycles. The third-order valence-electron chi connectivity index (χ3n) is 5.63. The molecular formula is C25H22ClFN2O2. The number of rotatable bonds is 3. The Labute approximate surface area is 185 Å². The average molecular weight is 437 g/mol. The van der Waals surface area contributed by atoms with Gasteiger partial charge in [-0.05, 0) is 55.3 Å². The molecule has 6 heteroatoms. The minimum atomic E-state index is -0.565. The number of para-hydroxylation sites is 2. The third-order valence-corrected chi connectivity index (χ3v) is 5.92. The maximum absolute atomic E-state index is 13.6. The van der Waals surface area contributed by atoms with E-state index in [1.165, 1.54) is 18.2 Å². The first-order chi connectivity index (χ1) is 14.9. The second-order valence-electron chi connectivity index (χ2n) is 7.69. The van der Waals surface area contributed by atoms with Gasteiger partial charge in [-0.2, -0.15) is 0 Å². The van der Waals surface area contributed by atoms with Gasteiger partial charge < -0.3 is 9.80 Å². The van der Waals surface area contributed by atoms with Crippen LogP contribution in [0.25, 0.3) is 0 Å². The van der Waals surface area contributed by atoms with E-state index in [0.29, 0.717) is 12.0 Å². The van der Waals surface area contributed by atoms with Crippen LogP contribution in [-0.2, 0) is 4.79 Å². The molecule has 2 amide bonds. The molecule has 0 spiro atoms. The average Bonchev–Trinajstić information content (AvgIpc) is 2.76. The van der Waals surface area contributed by atoms with Crippen LogP contribution in [0.5, 0.6) is 0 Å². The molecule has 4 nitrogen and oxygen atoms in total. The highest BCUT2D eigenvalue weighted by Gasteiger charge is 2.38. The van der Waals surface area contributed by atoms with Crippen LogP contribution in [0.4, 0.5) is 15.8 Å². The first-order valence-electron chi connectivity index (χ1n) is 10.1. The van der Waals surface area contributed by atoms with Gasteiger partial charge in [0.15, 0.2) is 0 Å². The molecule has 31 heavy (non-hydrogen) atoms. The number of fused-ring (bicyclic) bond motifs is 1. The van der Waals surface area contributed by atoms with Crippen molar-refractivity contribution >= 4 is 34.8 Å². The summed E-state index contributed by atoms with van der Waals surface area (Å²) in [5.41, 5.74) is 2.75. The maximum atomic E-state index is 13.6. The van der Waals surface area contributed by atoms with Crippen molar-refractivity contribution in [3.8, 4) is 0 Å². The van der Waals surface area contributed by atoms with Gasteiger partial charge in [-0.3, -0.25) is 9.59 Å². The lowest BCUT2D eigenvalue weighted by atomic mass is 9.89. The zero-order chi connectivity index (χ0) is 22.1. The first kappa shape index (κ1) is 21.1. The number of carbonyl (C=O) groups excluding carboxylic acids is 2. The van der Waals surface area contributed by atoms with Gasteiger partial charge in [0.2, 0.25) is 5.91 Å². The second-order valence-corrected chi connectivity index (χ2v) is 8.10. The van der Waals surface area contributed by atoms with Gasteiger partial charge in [0.25, 0.3) is 5.91 Å². The monoisotopic (exact) mass is 436 g/mol. The zero-order valence-corrected chi connectivity index (χ0v) is 18.0. The Kier molecular flexibility index (Phi) is 5.79. The van der Waals surface area contributed by atoms with E-state index in [-0.39, 0.29) is 28.9 Å². The van der Waals surface area contributed by atoms with Crippen LogP contribution in [0, 0.1) is 5.82 Å². The number of benzene rings is 3. The molecular weight excluding hydrogens is 415 g/mol. The molecule has 0 aliphatic carbocycles. The lowest BCUT2D eigenvalue weighted by Gasteiger charge is -2.43. The molecule has 1 aliphatic heterocycles. The normalized spacial score (nSPS) is 17.7. The molecule has 158 valence electrons. The quantitative estimate of drug-likeness (QED) is 0.504. The van der Waals surface area contributed by atoms with Gasteiger partial charge in [-0.25, -0.2) is 4.39 Å². The van der Waals surface area contributed by atoms with E-state index in [9.17, 15) is 14.0 Å². The Balaban J connectivity index is 1.78. The Hall–Kier alpha value is -3.18. The van der Waals surface area contributed by atoms with E-state index >= 15 is 0 Å². The van der Waals surface area contributed by atoms with Gasteiger partial charge in [-0.1, -0.05) is 48.0 Å². The van der Waals surface area contributed by atoms with Crippen LogP contribution in [-0.4, -0.2) is 17.9 Å².